The van der Waals surface area contributed by atoms with Crippen LogP contribution in [0.2, 0.25) is 0 Å². The van der Waals surface area contributed by atoms with Crippen LogP contribution in [0.4, 0.5) is 0 Å². The van der Waals surface area contributed by atoms with Crippen LogP contribution >= 0.6 is 0 Å². The Morgan fingerprint density at radius 1 is 1.17 bits per heavy atom. The van der Waals surface area contributed by atoms with Gasteiger partial charge in [0.2, 0.25) is 0 Å². The van der Waals surface area contributed by atoms with Gasteiger partial charge >= 0.3 is 0 Å². The van der Waals surface area contributed by atoms with Crippen molar-refractivity contribution in [3.8, 4) is 0 Å². The number of hydrogen-bond donors (Lipinski definition) is 1. The van der Waals surface area contributed by atoms with E-state index < -0.39 is 0 Å². The van der Waals surface area contributed by atoms with E-state index in [9.17, 15) is 0 Å². The fraction of sp³-hybridized carbons (Fsp3) is 1.00. The standard InChI is InChI=1S/C15H30N2O/c1-18-12-11-17(14-5-6-14)10-9-15(13-16)7-3-2-4-8-15/h14H,2-13,16H2,1H3. The molecule has 2 saturated carbocycles. The first-order valence-corrected chi connectivity index (χ1v) is 7.73. The second-order valence-corrected chi connectivity index (χ2v) is 6.27. The molecule has 0 aromatic heterocycles. The van der Waals surface area contributed by atoms with E-state index in [1.807, 2.05) is 0 Å². The van der Waals surface area contributed by atoms with Crippen LogP contribution in [0.3, 0.4) is 0 Å². The van der Waals surface area contributed by atoms with Gasteiger partial charge in [-0.05, 0) is 50.6 Å². The lowest BCUT2D eigenvalue weighted by atomic mass is 9.72. The van der Waals surface area contributed by atoms with Crippen LogP contribution in [0.25, 0.3) is 0 Å². The third-order valence-corrected chi connectivity index (χ3v) is 4.92. The van der Waals surface area contributed by atoms with E-state index in [1.165, 1.54) is 57.9 Å². The fourth-order valence-corrected chi connectivity index (χ4v) is 3.36. The third kappa shape index (κ3) is 3.94. The van der Waals surface area contributed by atoms with E-state index in [1.54, 1.807) is 7.11 Å². The topological polar surface area (TPSA) is 38.5 Å². The Bertz CT molecular complexity index is 235. The van der Waals surface area contributed by atoms with Crippen LogP contribution in [0.5, 0.6) is 0 Å². The Kier molecular flexibility index (Phi) is 5.46. The molecule has 2 aliphatic rings. The van der Waals surface area contributed by atoms with Crippen molar-refractivity contribution in [1.82, 2.24) is 4.90 Å². The molecule has 3 heteroatoms. The van der Waals surface area contributed by atoms with Crippen molar-refractivity contribution < 1.29 is 4.74 Å². The molecule has 0 atom stereocenters. The molecule has 0 radical (unpaired) electrons. The minimum absolute atomic E-state index is 0.457. The van der Waals surface area contributed by atoms with Crippen molar-refractivity contribution in [2.24, 2.45) is 11.1 Å². The summed E-state index contributed by atoms with van der Waals surface area (Å²) in [5.41, 5.74) is 6.53. The number of rotatable bonds is 8. The van der Waals surface area contributed by atoms with E-state index in [4.69, 9.17) is 10.5 Å². The van der Waals surface area contributed by atoms with Crippen LogP contribution in [0.1, 0.15) is 51.4 Å². The Morgan fingerprint density at radius 2 is 1.89 bits per heavy atom. The predicted octanol–water partition coefficient (Wildman–Crippen LogP) is 2.40. The zero-order chi connectivity index (χ0) is 12.8. The molecular weight excluding hydrogens is 224 g/mol. The molecule has 18 heavy (non-hydrogen) atoms. The van der Waals surface area contributed by atoms with Crippen molar-refractivity contribution in [2.75, 3.05) is 33.4 Å². The molecule has 2 aliphatic carbocycles. The third-order valence-electron chi connectivity index (χ3n) is 4.92. The molecule has 0 amide bonds. The van der Waals surface area contributed by atoms with Gasteiger partial charge in [0, 0.05) is 19.7 Å². The molecule has 0 unspecified atom stereocenters. The van der Waals surface area contributed by atoms with E-state index in [2.05, 4.69) is 4.90 Å². The van der Waals surface area contributed by atoms with Crippen molar-refractivity contribution in [1.29, 1.82) is 0 Å². The Balaban J connectivity index is 1.79. The molecule has 0 heterocycles. The largest absolute Gasteiger partial charge is 0.383 e. The summed E-state index contributed by atoms with van der Waals surface area (Å²) in [6.07, 6.45) is 11.0. The van der Waals surface area contributed by atoms with Gasteiger partial charge in [-0.25, -0.2) is 0 Å². The van der Waals surface area contributed by atoms with Gasteiger partial charge in [0.05, 0.1) is 6.61 Å². The molecule has 0 bridgehead atoms. The van der Waals surface area contributed by atoms with E-state index >= 15 is 0 Å². The van der Waals surface area contributed by atoms with Crippen molar-refractivity contribution >= 4 is 0 Å². The highest BCUT2D eigenvalue weighted by molar-refractivity contribution is 4.89. The first-order chi connectivity index (χ1) is 8.79. The Labute approximate surface area is 112 Å². The first kappa shape index (κ1) is 14.3. The molecule has 0 aliphatic heterocycles. The number of nitrogens with zero attached hydrogens (tertiary/aromatic N) is 1. The number of nitrogens with two attached hydrogens (primary N) is 1. The molecule has 0 saturated heterocycles. The van der Waals surface area contributed by atoms with E-state index in [-0.39, 0.29) is 0 Å². The van der Waals surface area contributed by atoms with E-state index in [0.717, 1.165) is 25.7 Å². The predicted molar refractivity (Wildman–Crippen MR) is 75.7 cm³/mol. The van der Waals surface area contributed by atoms with Crippen molar-refractivity contribution in [2.45, 2.75) is 57.4 Å². The monoisotopic (exact) mass is 254 g/mol. The minimum atomic E-state index is 0.457. The highest BCUT2D eigenvalue weighted by Crippen LogP contribution is 2.39. The Morgan fingerprint density at radius 3 is 2.44 bits per heavy atom. The minimum Gasteiger partial charge on any atom is -0.383 e. The second kappa shape index (κ2) is 6.88. The molecule has 0 aromatic carbocycles. The SMILES string of the molecule is COCCN(CCC1(CN)CCCCC1)C1CC1. The summed E-state index contributed by atoms with van der Waals surface area (Å²) < 4.78 is 5.23. The van der Waals surface area contributed by atoms with Crippen molar-refractivity contribution in [3.05, 3.63) is 0 Å². The van der Waals surface area contributed by atoms with Crippen LogP contribution in [-0.4, -0.2) is 44.3 Å². The maximum atomic E-state index is 6.07. The molecule has 0 aromatic rings. The average molecular weight is 254 g/mol. The molecule has 2 rings (SSSR count). The highest BCUT2D eigenvalue weighted by atomic mass is 16.5. The quantitative estimate of drug-likeness (QED) is 0.723. The van der Waals surface area contributed by atoms with Gasteiger partial charge in [-0.15, -0.1) is 0 Å². The van der Waals surface area contributed by atoms with Crippen LogP contribution < -0.4 is 5.73 Å². The average Bonchev–Trinajstić information content (AvgIpc) is 3.24. The maximum absolute atomic E-state index is 6.07. The lowest BCUT2D eigenvalue weighted by Gasteiger charge is -2.38. The van der Waals surface area contributed by atoms with E-state index in [0.29, 0.717) is 5.41 Å². The zero-order valence-electron chi connectivity index (χ0n) is 12.0. The summed E-state index contributed by atoms with van der Waals surface area (Å²) >= 11 is 0. The van der Waals surface area contributed by atoms with Gasteiger partial charge in [0.25, 0.3) is 0 Å². The van der Waals surface area contributed by atoms with Crippen molar-refractivity contribution in [3.63, 3.8) is 0 Å². The van der Waals surface area contributed by atoms with Crippen LogP contribution in [0, 0.1) is 5.41 Å². The van der Waals surface area contributed by atoms with Gasteiger partial charge in [-0.2, -0.15) is 0 Å². The zero-order valence-corrected chi connectivity index (χ0v) is 12.0. The lowest BCUT2D eigenvalue weighted by Crippen LogP contribution is -2.39. The summed E-state index contributed by atoms with van der Waals surface area (Å²) in [6.45, 7) is 4.08. The van der Waals surface area contributed by atoms with Gasteiger partial charge in [0.1, 0.15) is 0 Å². The molecule has 106 valence electrons. The highest BCUT2D eigenvalue weighted by Gasteiger charge is 2.34. The summed E-state index contributed by atoms with van der Waals surface area (Å²) in [7, 11) is 1.80. The van der Waals surface area contributed by atoms with Gasteiger partial charge in [-0.1, -0.05) is 19.3 Å². The number of hydrogen-bond acceptors (Lipinski definition) is 3. The number of ether oxygens (including phenoxy) is 1. The van der Waals surface area contributed by atoms with Crippen LogP contribution in [-0.2, 0) is 4.74 Å². The summed E-state index contributed by atoms with van der Waals surface area (Å²) in [4.78, 5) is 2.63. The number of methoxy groups -OCH3 is 1. The fourth-order valence-electron chi connectivity index (χ4n) is 3.36. The summed E-state index contributed by atoms with van der Waals surface area (Å²) in [5.74, 6) is 0. The molecule has 2 fully saturated rings. The summed E-state index contributed by atoms with van der Waals surface area (Å²) in [5, 5.41) is 0. The molecular formula is C15H30N2O. The summed E-state index contributed by atoms with van der Waals surface area (Å²) in [6, 6.07) is 0.846. The maximum Gasteiger partial charge on any atom is 0.0589 e. The normalized spacial score (nSPS) is 23.5. The van der Waals surface area contributed by atoms with Gasteiger partial charge in [0.15, 0.2) is 0 Å². The molecule has 2 N–H and O–H groups in total. The lowest BCUT2D eigenvalue weighted by molar-refractivity contribution is 0.113. The smallest absolute Gasteiger partial charge is 0.0589 e. The van der Waals surface area contributed by atoms with Crippen LogP contribution in [0.15, 0.2) is 0 Å². The molecule has 0 spiro atoms. The van der Waals surface area contributed by atoms with Gasteiger partial charge < -0.3 is 10.5 Å². The first-order valence-electron chi connectivity index (χ1n) is 7.73. The molecule has 3 nitrogen and oxygen atoms in total. The van der Waals surface area contributed by atoms with Gasteiger partial charge in [-0.3, -0.25) is 4.90 Å². The second-order valence-electron chi connectivity index (χ2n) is 6.27. The Hall–Kier alpha value is -0.120.